The Kier molecular flexibility index (Phi) is 9.12. The fourth-order valence-electron chi connectivity index (χ4n) is 5.96. The molecule has 0 radical (unpaired) electrons. The highest BCUT2D eigenvalue weighted by Gasteiger charge is 2.39. The summed E-state index contributed by atoms with van der Waals surface area (Å²) in [5.41, 5.74) is 5.00. The molecule has 1 amide bonds. The van der Waals surface area contributed by atoms with Crippen molar-refractivity contribution in [2.75, 3.05) is 30.8 Å². The number of rotatable bonds is 8. The smallest absolute Gasteiger partial charge is 0.246 e. The van der Waals surface area contributed by atoms with Gasteiger partial charge in [-0.3, -0.25) is 15.2 Å². The molecule has 230 valence electrons. The molecule has 8 nitrogen and oxygen atoms in total. The number of ether oxygens (including phenoxy) is 1. The standard InChI is InChI=1S/C34H38FN5O3S/c1-7-14-43-27-11-9-10-25(35)29(27)24-15-26(38-31-19(3)12-13-37-32(31)22(6)41)30-33(21(24)5)44-18-23-17-39(28(42)8-2)20(4)16-40(23)34(30)36/h7-13,15,20,22-23,36,38,41H,1-2,14,16-18H2,3-6H3. The van der Waals surface area contributed by atoms with Crippen molar-refractivity contribution < 1.29 is 19.0 Å². The van der Waals surface area contributed by atoms with Gasteiger partial charge in [-0.1, -0.05) is 25.3 Å². The van der Waals surface area contributed by atoms with Gasteiger partial charge in [-0.25, -0.2) is 4.39 Å². The summed E-state index contributed by atoms with van der Waals surface area (Å²) in [6.07, 6.45) is 3.76. The van der Waals surface area contributed by atoms with E-state index in [1.54, 1.807) is 43.1 Å². The van der Waals surface area contributed by atoms with E-state index in [2.05, 4.69) is 28.4 Å². The predicted molar refractivity (Wildman–Crippen MR) is 175 cm³/mol. The number of hydrogen-bond donors (Lipinski definition) is 3. The highest BCUT2D eigenvalue weighted by atomic mass is 32.2. The zero-order valence-corrected chi connectivity index (χ0v) is 26.3. The maximum absolute atomic E-state index is 15.7. The third kappa shape index (κ3) is 5.71. The number of aromatic nitrogens is 1. The summed E-state index contributed by atoms with van der Waals surface area (Å²) in [6.45, 7) is 16.1. The normalized spacial score (nSPS) is 18.5. The van der Waals surface area contributed by atoms with Crippen molar-refractivity contribution in [3.63, 3.8) is 0 Å². The number of hydrogen-bond acceptors (Lipinski definition) is 7. The molecule has 0 spiro atoms. The molecular weight excluding hydrogens is 577 g/mol. The Morgan fingerprint density at radius 1 is 1.30 bits per heavy atom. The lowest BCUT2D eigenvalue weighted by Crippen LogP contribution is -2.60. The maximum atomic E-state index is 15.7. The average molecular weight is 616 g/mol. The number of pyridine rings is 1. The molecule has 3 heterocycles. The number of nitrogens with one attached hydrogen (secondary N) is 2. The van der Waals surface area contributed by atoms with Crippen LogP contribution in [0.3, 0.4) is 0 Å². The SMILES string of the molecule is C=CCOc1cccc(F)c1-c1cc(Nc2c(C)ccnc2C(C)O)c2c(c1C)SCC1CN(C(=O)C=C)C(C)CN1C2=N. The van der Waals surface area contributed by atoms with Gasteiger partial charge in [0.25, 0.3) is 0 Å². The molecule has 2 aliphatic rings. The maximum Gasteiger partial charge on any atom is 0.246 e. The number of carbonyl (C=O) groups is 1. The molecule has 0 bridgehead atoms. The number of nitrogens with zero attached hydrogens (tertiary/aromatic N) is 3. The number of aryl methyl sites for hydroxylation is 1. The van der Waals surface area contributed by atoms with E-state index in [1.165, 1.54) is 12.1 Å². The van der Waals surface area contributed by atoms with Crippen LogP contribution in [0.4, 0.5) is 15.8 Å². The second kappa shape index (κ2) is 12.8. The Morgan fingerprint density at radius 2 is 2.07 bits per heavy atom. The Labute approximate surface area is 262 Å². The highest BCUT2D eigenvalue weighted by molar-refractivity contribution is 7.99. The van der Waals surface area contributed by atoms with Crippen molar-refractivity contribution in [1.29, 1.82) is 5.41 Å². The van der Waals surface area contributed by atoms with Gasteiger partial charge in [0, 0.05) is 36.0 Å². The Balaban J connectivity index is 1.73. The summed E-state index contributed by atoms with van der Waals surface area (Å²) in [5.74, 6) is 0.775. The first kappa shape index (κ1) is 31.3. The van der Waals surface area contributed by atoms with Crippen molar-refractivity contribution in [3.8, 4) is 16.9 Å². The van der Waals surface area contributed by atoms with Crippen molar-refractivity contribution in [1.82, 2.24) is 14.8 Å². The Bertz CT molecular complexity index is 1640. The molecule has 3 N–H and O–H groups in total. The number of piperazine rings is 1. The minimum Gasteiger partial charge on any atom is -0.489 e. The first-order chi connectivity index (χ1) is 21.1. The zero-order valence-electron chi connectivity index (χ0n) is 25.5. The van der Waals surface area contributed by atoms with E-state index in [4.69, 9.17) is 4.74 Å². The molecule has 0 saturated carbocycles. The summed E-state index contributed by atoms with van der Waals surface area (Å²) in [5, 5.41) is 23.7. The fraction of sp³-hybridized carbons (Fsp3) is 0.324. The summed E-state index contributed by atoms with van der Waals surface area (Å²) < 4.78 is 21.6. The van der Waals surface area contributed by atoms with Gasteiger partial charge in [0.2, 0.25) is 5.91 Å². The van der Waals surface area contributed by atoms with Crippen LogP contribution in [0.2, 0.25) is 0 Å². The number of halogens is 1. The molecule has 2 aliphatic heterocycles. The van der Waals surface area contributed by atoms with Crippen molar-refractivity contribution in [2.24, 2.45) is 0 Å². The molecule has 5 rings (SSSR count). The van der Waals surface area contributed by atoms with Gasteiger partial charge in [0.1, 0.15) is 24.0 Å². The second-order valence-electron chi connectivity index (χ2n) is 11.2. The lowest BCUT2D eigenvalue weighted by Gasteiger charge is -2.45. The van der Waals surface area contributed by atoms with E-state index in [9.17, 15) is 15.3 Å². The number of benzene rings is 2. The van der Waals surface area contributed by atoms with Gasteiger partial charge in [0.05, 0.1) is 40.3 Å². The fourth-order valence-corrected chi connectivity index (χ4v) is 7.28. The minimum absolute atomic E-state index is 0.108. The van der Waals surface area contributed by atoms with Crippen LogP contribution in [0.25, 0.3) is 11.1 Å². The summed E-state index contributed by atoms with van der Waals surface area (Å²) in [4.78, 5) is 21.8. The second-order valence-corrected chi connectivity index (χ2v) is 12.2. The molecule has 3 aromatic rings. The van der Waals surface area contributed by atoms with E-state index >= 15 is 4.39 Å². The number of carbonyl (C=O) groups excluding carboxylic acids is 1. The lowest BCUT2D eigenvalue weighted by molar-refractivity contribution is -0.130. The third-order valence-electron chi connectivity index (χ3n) is 8.22. The van der Waals surface area contributed by atoms with E-state index < -0.39 is 11.9 Å². The first-order valence-electron chi connectivity index (χ1n) is 14.6. The van der Waals surface area contributed by atoms with Gasteiger partial charge in [0.15, 0.2) is 0 Å². The molecule has 3 unspecified atom stereocenters. The molecule has 1 saturated heterocycles. The van der Waals surface area contributed by atoms with E-state index in [0.717, 1.165) is 16.0 Å². The summed E-state index contributed by atoms with van der Waals surface area (Å²) >= 11 is 1.60. The number of amidine groups is 1. The third-order valence-corrected chi connectivity index (χ3v) is 9.57. The molecule has 3 atom stereocenters. The molecule has 2 aromatic carbocycles. The van der Waals surface area contributed by atoms with Crippen molar-refractivity contribution in [2.45, 2.75) is 50.8 Å². The van der Waals surface area contributed by atoms with Crippen LogP contribution < -0.4 is 10.1 Å². The van der Waals surface area contributed by atoms with Gasteiger partial charge in [-0.2, -0.15) is 0 Å². The monoisotopic (exact) mass is 615 g/mol. The van der Waals surface area contributed by atoms with E-state index in [1.807, 2.05) is 37.8 Å². The predicted octanol–water partition coefficient (Wildman–Crippen LogP) is 6.38. The number of fused-ring (bicyclic) bond motifs is 2. The lowest BCUT2D eigenvalue weighted by atomic mass is 9.94. The van der Waals surface area contributed by atoms with Crippen LogP contribution in [0, 0.1) is 25.1 Å². The summed E-state index contributed by atoms with van der Waals surface area (Å²) in [7, 11) is 0. The number of thioether (sulfide) groups is 1. The number of aliphatic hydroxyl groups excluding tert-OH is 1. The van der Waals surface area contributed by atoms with Gasteiger partial charge < -0.3 is 25.0 Å². The van der Waals surface area contributed by atoms with Crippen LogP contribution in [0.1, 0.15) is 42.3 Å². The average Bonchev–Trinajstić information content (AvgIpc) is 3.14. The van der Waals surface area contributed by atoms with Crippen LogP contribution in [-0.4, -0.2) is 69.2 Å². The zero-order chi connectivity index (χ0) is 31.7. The van der Waals surface area contributed by atoms with E-state index in [-0.39, 0.29) is 24.6 Å². The van der Waals surface area contributed by atoms with Gasteiger partial charge in [-0.15, -0.1) is 11.8 Å². The first-order valence-corrected chi connectivity index (χ1v) is 15.6. The topological polar surface area (TPSA) is 102 Å². The molecule has 1 aromatic heterocycles. The molecule has 0 aliphatic carbocycles. The number of amides is 1. The van der Waals surface area contributed by atoms with Crippen LogP contribution in [-0.2, 0) is 4.79 Å². The van der Waals surface area contributed by atoms with Crippen LogP contribution in [0.5, 0.6) is 5.75 Å². The van der Waals surface area contributed by atoms with E-state index in [0.29, 0.717) is 64.2 Å². The molecule has 44 heavy (non-hydrogen) atoms. The number of anilines is 2. The quantitative estimate of drug-likeness (QED) is 0.200. The largest absolute Gasteiger partial charge is 0.489 e. The molecule has 1 fully saturated rings. The van der Waals surface area contributed by atoms with Crippen LogP contribution in [0.15, 0.2) is 66.7 Å². The minimum atomic E-state index is -0.846. The summed E-state index contributed by atoms with van der Waals surface area (Å²) in [6, 6.07) is 8.25. The highest BCUT2D eigenvalue weighted by Crippen LogP contribution is 2.46. The van der Waals surface area contributed by atoms with Crippen molar-refractivity contribution >= 4 is 34.9 Å². The van der Waals surface area contributed by atoms with Gasteiger partial charge in [-0.05, 0) is 74.7 Å². The molecule has 10 heteroatoms. The Morgan fingerprint density at radius 3 is 2.77 bits per heavy atom. The number of aliphatic hydroxyl groups is 1. The van der Waals surface area contributed by atoms with Crippen molar-refractivity contribution in [3.05, 3.63) is 90.0 Å². The Hall–Kier alpha value is -4.15. The van der Waals surface area contributed by atoms with Gasteiger partial charge >= 0.3 is 0 Å². The van der Waals surface area contributed by atoms with Crippen LogP contribution >= 0.6 is 11.8 Å². The molecular formula is C34H38FN5O3S.